The van der Waals surface area contributed by atoms with Crippen molar-refractivity contribution in [1.82, 2.24) is 0 Å². The highest BCUT2D eigenvalue weighted by Gasteiger charge is 2.15. The summed E-state index contributed by atoms with van der Waals surface area (Å²) in [5, 5.41) is 12.3. The van der Waals surface area contributed by atoms with Gasteiger partial charge in [-0.3, -0.25) is 0 Å². The largest absolute Gasteiger partial charge is 0.495 e. The zero-order chi connectivity index (χ0) is 12.0. The molecule has 1 N–H and O–H groups in total. The molecule has 16 heavy (non-hydrogen) atoms. The fraction of sp³-hybridized carbons (Fsp3) is 0.462. The molecule has 1 aromatic carbocycles. The Kier molecular flexibility index (Phi) is 4.65. The molecule has 0 aliphatic heterocycles. The lowest BCUT2D eigenvalue weighted by molar-refractivity contribution is 0.415. The first kappa shape index (κ1) is 12.4. The summed E-state index contributed by atoms with van der Waals surface area (Å²) in [4.78, 5) is 0. The molecule has 0 bridgehead atoms. The Hall–Kier alpha value is -1.69. The number of rotatable bonds is 5. The summed E-state index contributed by atoms with van der Waals surface area (Å²) >= 11 is 0. The van der Waals surface area contributed by atoms with E-state index in [-0.39, 0.29) is 6.04 Å². The van der Waals surface area contributed by atoms with Gasteiger partial charge in [-0.05, 0) is 18.1 Å². The first-order valence-electron chi connectivity index (χ1n) is 5.52. The summed E-state index contributed by atoms with van der Waals surface area (Å²) in [6.45, 7) is 4.15. The molecule has 0 saturated carbocycles. The van der Waals surface area contributed by atoms with E-state index >= 15 is 0 Å². The first-order chi connectivity index (χ1) is 7.72. The second-order valence-corrected chi connectivity index (χ2v) is 3.84. The van der Waals surface area contributed by atoms with Gasteiger partial charge in [-0.2, -0.15) is 5.26 Å². The van der Waals surface area contributed by atoms with Crippen LogP contribution in [0.5, 0.6) is 5.75 Å². The van der Waals surface area contributed by atoms with Crippen molar-refractivity contribution in [2.45, 2.75) is 26.3 Å². The minimum Gasteiger partial charge on any atom is -0.495 e. The Bertz CT molecular complexity index is 370. The zero-order valence-electron chi connectivity index (χ0n) is 10.0. The molecule has 2 atom stereocenters. The Morgan fingerprint density at radius 1 is 1.44 bits per heavy atom. The molecule has 0 aromatic heterocycles. The van der Waals surface area contributed by atoms with Crippen LogP contribution in [-0.2, 0) is 0 Å². The molecule has 0 amide bonds. The third-order valence-electron chi connectivity index (χ3n) is 2.77. The third-order valence-corrected chi connectivity index (χ3v) is 2.77. The predicted molar refractivity (Wildman–Crippen MR) is 65.5 cm³/mol. The van der Waals surface area contributed by atoms with Crippen molar-refractivity contribution < 1.29 is 4.74 Å². The number of ether oxygens (including phenoxy) is 1. The third kappa shape index (κ3) is 2.90. The van der Waals surface area contributed by atoms with Crippen molar-refractivity contribution in [1.29, 1.82) is 5.26 Å². The van der Waals surface area contributed by atoms with E-state index in [4.69, 9.17) is 10.00 Å². The number of para-hydroxylation sites is 2. The minimum absolute atomic E-state index is 0.179. The molecule has 0 spiro atoms. The maximum Gasteiger partial charge on any atom is 0.141 e. The Morgan fingerprint density at radius 2 is 2.12 bits per heavy atom. The van der Waals surface area contributed by atoms with Crippen LogP contribution in [0.2, 0.25) is 0 Å². The zero-order valence-corrected chi connectivity index (χ0v) is 10.0. The Morgan fingerprint density at radius 3 is 2.69 bits per heavy atom. The molecule has 86 valence electrons. The van der Waals surface area contributed by atoms with E-state index < -0.39 is 0 Å². The molecule has 0 aliphatic carbocycles. The molecule has 3 heteroatoms. The van der Waals surface area contributed by atoms with E-state index in [0.29, 0.717) is 5.92 Å². The number of hydrogen-bond acceptors (Lipinski definition) is 3. The number of nitrogens with one attached hydrogen (secondary N) is 1. The monoisotopic (exact) mass is 218 g/mol. The standard InChI is InChI=1S/C13H18N2O/c1-4-10(2)12(9-14)15-11-7-5-6-8-13(11)16-3/h5-8,10,12,15H,4H2,1-3H3. The normalized spacial score (nSPS) is 13.6. The topological polar surface area (TPSA) is 45.0 Å². The molecule has 0 saturated heterocycles. The van der Waals surface area contributed by atoms with Crippen molar-refractivity contribution in [3.05, 3.63) is 24.3 Å². The molecule has 1 aromatic rings. The second kappa shape index (κ2) is 6.02. The molecule has 0 radical (unpaired) electrons. The van der Waals surface area contributed by atoms with Crippen molar-refractivity contribution in [3.8, 4) is 11.8 Å². The fourth-order valence-electron chi connectivity index (χ4n) is 1.47. The van der Waals surface area contributed by atoms with E-state index in [9.17, 15) is 0 Å². The van der Waals surface area contributed by atoms with Crippen LogP contribution >= 0.6 is 0 Å². The second-order valence-electron chi connectivity index (χ2n) is 3.84. The lowest BCUT2D eigenvalue weighted by atomic mass is 10.00. The molecule has 2 unspecified atom stereocenters. The van der Waals surface area contributed by atoms with Gasteiger partial charge in [0.25, 0.3) is 0 Å². The number of benzene rings is 1. The fourth-order valence-corrected chi connectivity index (χ4v) is 1.47. The van der Waals surface area contributed by atoms with E-state index in [1.165, 1.54) is 0 Å². The van der Waals surface area contributed by atoms with E-state index in [2.05, 4.69) is 25.2 Å². The van der Waals surface area contributed by atoms with Crippen LogP contribution in [0.4, 0.5) is 5.69 Å². The maximum absolute atomic E-state index is 9.10. The van der Waals surface area contributed by atoms with Crippen LogP contribution in [0.15, 0.2) is 24.3 Å². The molecule has 1 rings (SSSR count). The highest BCUT2D eigenvalue weighted by molar-refractivity contribution is 5.57. The SMILES string of the molecule is CCC(C)C(C#N)Nc1ccccc1OC. The van der Waals surface area contributed by atoms with Gasteiger partial charge >= 0.3 is 0 Å². The summed E-state index contributed by atoms with van der Waals surface area (Å²) in [7, 11) is 1.63. The van der Waals surface area contributed by atoms with Gasteiger partial charge in [-0.25, -0.2) is 0 Å². The maximum atomic E-state index is 9.10. The van der Waals surface area contributed by atoms with E-state index in [0.717, 1.165) is 17.9 Å². The average molecular weight is 218 g/mol. The van der Waals surface area contributed by atoms with Crippen LogP contribution < -0.4 is 10.1 Å². The molecule has 0 fully saturated rings. The van der Waals surface area contributed by atoms with E-state index in [1.807, 2.05) is 24.3 Å². The average Bonchev–Trinajstić information content (AvgIpc) is 2.35. The first-order valence-corrected chi connectivity index (χ1v) is 5.52. The van der Waals surface area contributed by atoms with Gasteiger partial charge < -0.3 is 10.1 Å². The predicted octanol–water partition coefficient (Wildman–Crippen LogP) is 3.05. The number of nitrogens with zero attached hydrogens (tertiary/aromatic N) is 1. The van der Waals surface area contributed by atoms with Gasteiger partial charge in [0.1, 0.15) is 11.8 Å². The molecule has 3 nitrogen and oxygen atoms in total. The summed E-state index contributed by atoms with van der Waals surface area (Å²) in [5.74, 6) is 1.08. The summed E-state index contributed by atoms with van der Waals surface area (Å²) in [6.07, 6.45) is 0.973. The van der Waals surface area contributed by atoms with Crippen molar-refractivity contribution in [2.75, 3.05) is 12.4 Å². The summed E-state index contributed by atoms with van der Waals surface area (Å²) in [6, 6.07) is 9.75. The quantitative estimate of drug-likeness (QED) is 0.826. The summed E-state index contributed by atoms with van der Waals surface area (Å²) in [5.41, 5.74) is 0.872. The van der Waals surface area contributed by atoms with Crippen LogP contribution in [-0.4, -0.2) is 13.2 Å². The number of hydrogen-bond donors (Lipinski definition) is 1. The van der Waals surface area contributed by atoms with Gasteiger partial charge in [0.15, 0.2) is 0 Å². The van der Waals surface area contributed by atoms with Crippen LogP contribution in [0.1, 0.15) is 20.3 Å². The molecule has 0 aliphatic rings. The highest BCUT2D eigenvalue weighted by atomic mass is 16.5. The molecule has 0 heterocycles. The highest BCUT2D eigenvalue weighted by Crippen LogP contribution is 2.25. The van der Waals surface area contributed by atoms with Crippen LogP contribution in [0.3, 0.4) is 0 Å². The molecular formula is C13H18N2O. The van der Waals surface area contributed by atoms with Gasteiger partial charge in [0, 0.05) is 0 Å². The number of methoxy groups -OCH3 is 1. The van der Waals surface area contributed by atoms with Gasteiger partial charge in [-0.1, -0.05) is 32.4 Å². The smallest absolute Gasteiger partial charge is 0.141 e. The van der Waals surface area contributed by atoms with Gasteiger partial charge in [-0.15, -0.1) is 0 Å². The van der Waals surface area contributed by atoms with Gasteiger partial charge in [0.2, 0.25) is 0 Å². The van der Waals surface area contributed by atoms with Crippen molar-refractivity contribution in [2.24, 2.45) is 5.92 Å². The Labute approximate surface area is 97.0 Å². The Balaban J connectivity index is 2.82. The lowest BCUT2D eigenvalue weighted by Crippen LogP contribution is -2.25. The lowest BCUT2D eigenvalue weighted by Gasteiger charge is -2.19. The van der Waals surface area contributed by atoms with Crippen molar-refractivity contribution >= 4 is 5.69 Å². The van der Waals surface area contributed by atoms with Crippen molar-refractivity contribution in [3.63, 3.8) is 0 Å². The van der Waals surface area contributed by atoms with Crippen LogP contribution in [0, 0.1) is 17.2 Å². The molecular weight excluding hydrogens is 200 g/mol. The van der Waals surface area contributed by atoms with E-state index in [1.54, 1.807) is 7.11 Å². The number of nitriles is 1. The minimum atomic E-state index is -0.179. The number of anilines is 1. The van der Waals surface area contributed by atoms with Gasteiger partial charge in [0.05, 0.1) is 18.9 Å². The van der Waals surface area contributed by atoms with Crippen LogP contribution in [0.25, 0.3) is 0 Å². The summed E-state index contributed by atoms with van der Waals surface area (Å²) < 4.78 is 5.23.